The molecule has 2 nitrogen and oxygen atoms in total. The van der Waals surface area contributed by atoms with E-state index in [1.165, 1.54) is 32.1 Å². The van der Waals surface area contributed by atoms with Gasteiger partial charge in [-0.15, -0.1) is 0 Å². The van der Waals surface area contributed by atoms with Gasteiger partial charge >= 0.3 is 0 Å². The van der Waals surface area contributed by atoms with Crippen LogP contribution in [0.25, 0.3) is 0 Å². The van der Waals surface area contributed by atoms with E-state index in [9.17, 15) is 5.11 Å². The van der Waals surface area contributed by atoms with E-state index in [1.807, 2.05) is 0 Å². The minimum absolute atomic E-state index is 0.0723. The Labute approximate surface area is 74.4 Å². The van der Waals surface area contributed by atoms with Crippen LogP contribution in [-0.2, 0) is 0 Å². The highest BCUT2D eigenvalue weighted by Gasteiger charge is 2.29. The van der Waals surface area contributed by atoms with Crippen molar-refractivity contribution in [3.8, 4) is 0 Å². The van der Waals surface area contributed by atoms with Gasteiger partial charge in [-0.05, 0) is 25.2 Å². The van der Waals surface area contributed by atoms with Gasteiger partial charge in [0.2, 0.25) is 0 Å². The summed E-state index contributed by atoms with van der Waals surface area (Å²) in [6.07, 6.45) is 7.90. The number of hydrogen-bond acceptors (Lipinski definition) is 2. The van der Waals surface area contributed by atoms with Crippen LogP contribution in [-0.4, -0.2) is 23.8 Å². The third-order valence-corrected chi connectivity index (χ3v) is 3.36. The lowest BCUT2D eigenvalue weighted by molar-refractivity contribution is 0.185. The van der Waals surface area contributed by atoms with Crippen molar-refractivity contribution in [1.82, 2.24) is 5.32 Å². The van der Waals surface area contributed by atoms with Gasteiger partial charge in [-0.2, -0.15) is 0 Å². The Morgan fingerprint density at radius 2 is 1.83 bits per heavy atom. The predicted octanol–water partition coefficient (Wildman–Crippen LogP) is 1.29. The molecule has 2 atom stereocenters. The second kappa shape index (κ2) is 3.75. The van der Waals surface area contributed by atoms with Gasteiger partial charge in [-0.1, -0.05) is 19.3 Å². The number of rotatable bonds is 1. The summed E-state index contributed by atoms with van der Waals surface area (Å²) < 4.78 is 0. The molecular formula is C10H19NO. The summed E-state index contributed by atoms with van der Waals surface area (Å²) in [7, 11) is 0. The van der Waals surface area contributed by atoms with Gasteiger partial charge in [0.1, 0.15) is 0 Å². The first-order chi connectivity index (χ1) is 5.86. The van der Waals surface area contributed by atoms with Crippen molar-refractivity contribution in [2.75, 3.05) is 6.54 Å². The zero-order chi connectivity index (χ0) is 8.39. The first-order valence-corrected chi connectivity index (χ1v) is 5.28. The standard InChI is InChI=1S/C10H19NO/c12-9-6-10(11-7-9)8-4-2-1-3-5-8/h8-12H,1-7H2/t9-,10+/m0/s1. The highest BCUT2D eigenvalue weighted by Crippen LogP contribution is 2.29. The molecule has 0 unspecified atom stereocenters. The average Bonchev–Trinajstić information content (AvgIpc) is 2.54. The molecule has 2 N–H and O–H groups in total. The van der Waals surface area contributed by atoms with Crippen molar-refractivity contribution in [3.63, 3.8) is 0 Å². The molecule has 2 aliphatic rings. The zero-order valence-electron chi connectivity index (χ0n) is 7.63. The number of aliphatic hydroxyl groups excluding tert-OH is 1. The van der Waals surface area contributed by atoms with Crippen molar-refractivity contribution in [3.05, 3.63) is 0 Å². The molecule has 0 aromatic carbocycles. The lowest BCUT2D eigenvalue weighted by Crippen LogP contribution is -2.31. The molecule has 2 heteroatoms. The van der Waals surface area contributed by atoms with E-state index < -0.39 is 0 Å². The predicted molar refractivity (Wildman–Crippen MR) is 49.0 cm³/mol. The molecule has 0 bridgehead atoms. The fourth-order valence-corrected chi connectivity index (χ4v) is 2.64. The molecule has 2 fully saturated rings. The van der Waals surface area contributed by atoms with Gasteiger partial charge in [-0.3, -0.25) is 0 Å². The molecule has 1 saturated heterocycles. The molecule has 2 rings (SSSR count). The van der Waals surface area contributed by atoms with Crippen molar-refractivity contribution in [2.45, 2.75) is 50.7 Å². The van der Waals surface area contributed by atoms with Crippen LogP contribution < -0.4 is 5.32 Å². The summed E-state index contributed by atoms with van der Waals surface area (Å²) in [6.45, 7) is 0.821. The quantitative estimate of drug-likeness (QED) is 0.620. The molecule has 1 aliphatic carbocycles. The van der Waals surface area contributed by atoms with Crippen LogP contribution in [0.3, 0.4) is 0 Å². The van der Waals surface area contributed by atoms with Gasteiger partial charge in [0.05, 0.1) is 6.10 Å². The molecule has 1 saturated carbocycles. The maximum atomic E-state index is 9.37. The topological polar surface area (TPSA) is 32.3 Å². The monoisotopic (exact) mass is 169 g/mol. The maximum Gasteiger partial charge on any atom is 0.0679 e. The fraction of sp³-hybridized carbons (Fsp3) is 1.00. The van der Waals surface area contributed by atoms with Gasteiger partial charge < -0.3 is 10.4 Å². The first kappa shape index (κ1) is 8.52. The van der Waals surface area contributed by atoms with E-state index in [0.29, 0.717) is 6.04 Å². The minimum atomic E-state index is -0.0723. The normalized spacial score (nSPS) is 38.8. The molecule has 0 aromatic rings. The van der Waals surface area contributed by atoms with E-state index in [1.54, 1.807) is 0 Å². The van der Waals surface area contributed by atoms with E-state index in [4.69, 9.17) is 0 Å². The molecule has 0 amide bonds. The summed E-state index contributed by atoms with van der Waals surface area (Å²) in [6, 6.07) is 0.625. The number of hydrogen-bond donors (Lipinski definition) is 2. The lowest BCUT2D eigenvalue weighted by atomic mass is 9.83. The van der Waals surface area contributed by atoms with Crippen molar-refractivity contribution >= 4 is 0 Å². The highest BCUT2D eigenvalue weighted by molar-refractivity contribution is 4.87. The van der Waals surface area contributed by atoms with Crippen LogP contribution in [0, 0.1) is 5.92 Å². The molecule has 0 aromatic heterocycles. The third-order valence-electron chi connectivity index (χ3n) is 3.36. The van der Waals surface area contributed by atoms with Crippen LogP contribution in [0.15, 0.2) is 0 Å². The Hall–Kier alpha value is -0.0800. The van der Waals surface area contributed by atoms with Crippen LogP contribution in [0.1, 0.15) is 38.5 Å². The Morgan fingerprint density at radius 1 is 1.08 bits per heavy atom. The SMILES string of the molecule is O[C@@H]1CN[C@@H](C2CCCCC2)C1. The van der Waals surface area contributed by atoms with Crippen LogP contribution in [0.5, 0.6) is 0 Å². The van der Waals surface area contributed by atoms with Crippen LogP contribution in [0.4, 0.5) is 0 Å². The zero-order valence-corrected chi connectivity index (χ0v) is 7.63. The van der Waals surface area contributed by atoms with E-state index in [0.717, 1.165) is 18.9 Å². The lowest BCUT2D eigenvalue weighted by Gasteiger charge is -2.27. The van der Waals surface area contributed by atoms with Crippen molar-refractivity contribution in [1.29, 1.82) is 0 Å². The Balaban J connectivity index is 1.83. The summed E-state index contributed by atoms with van der Waals surface area (Å²) in [5.41, 5.74) is 0. The van der Waals surface area contributed by atoms with Gasteiger partial charge in [-0.25, -0.2) is 0 Å². The Kier molecular flexibility index (Phi) is 2.66. The highest BCUT2D eigenvalue weighted by atomic mass is 16.3. The number of nitrogens with one attached hydrogen (secondary N) is 1. The van der Waals surface area contributed by atoms with E-state index in [2.05, 4.69) is 5.32 Å². The van der Waals surface area contributed by atoms with Gasteiger partial charge in [0.15, 0.2) is 0 Å². The van der Waals surface area contributed by atoms with Crippen LogP contribution >= 0.6 is 0 Å². The number of β-amino-alcohol motifs (C(OH)–C–C–N with tert-alkyl or cyclic N) is 1. The second-order valence-electron chi connectivity index (χ2n) is 4.30. The van der Waals surface area contributed by atoms with E-state index >= 15 is 0 Å². The summed E-state index contributed by atoms with van der Waals surface area (Å²) >= 11 is 0. The van der Waals surface area contributed by atoms with Gasteiger partial charge in [0.25, 0.3) is 0 Å². The smallest absolute Gasteiger partial charge is 0.0679 e. The summed E-state index contributed by atoms with van der Waals surface area (Å²) in [4.78, 5) is 0. The molecule has 0 radical (unpaired) electrons. The Bertz CT molecular complexity index is 140. The summed E-state index contributed by atoms with van der Waals surface area (Å²) in [5, 5.41) is 12.8. The Morgan fingerprint density at radius 3 is 2.42 bits per heavy atom. The molecular weight excluding hydrogens is 150 g/mol. The first-order valence-electron chi connectivity index (χ1n) is 5.28. The molecule has 12 heavy (non-hydrogen) atoms. The minimum Gasteiger partial charge on any atom is -0.392 e. The second-order valence-corrected chi connectivity index (χ2v) is 4.30. The van der Waals surface area contributed by atoms with Crippen molar-refractivity contribution < 1.29 is 5.11 Å². The third kappa shape index (κ3) is 1.80. The summed E-state index contributed by atoms with van der Waals surface area (Å²) in [5.74, 6) is 0.857. The molecule has 0 spiro atoms. The maximum absolute atomic E-state index is 9.37. The molecule has 1 heterocycles. The molecule has 1 aliphatic heterocycles. The fourth-order valence-electron chi connectivity index (χ4n) is 2.64. The largest absolute Gasteiger partial charge is 0.392 e. The van der Waals surface area contributed by atoms with Crippen molar-refractivity contribution in [2.24, 2.45) is 5.92 Å². The van der Waals surface area contributed by atoms with Crippen LogP contribution in [0.2, 0.25) is 0 Å². The average molecular weight is 169 g/mol. The van der Waals surface area contributed by atoms with E-state index in [-0.39, 0.29) is 6.10 Å². The number of aliphatic hydroxyl groups is 1. The van der Waals surface area contributed by atoms with Gasteiger partial charge in [0, 0.05) is 12.6 Å². The molecule has 70 valence electrons.